The summed E-state index contributed by atoms with van der Waals surface area (Å²) in [7, 11) is 1.68. The number of benzene rings is 1. The largest absolute Gasteiger partial charge is 0.493 e. The number of thiazole rings is 1. The number of rotatable bonds is 7. The number of hydrogen-bond acceptors (Lipinski definition) is 4. The summed E-state index contributed by atoms with van der Waals surface area (Å²) in [6, 6.07) is 6.28. The summed E-state index contributed by atoms with van der Waals surface area (Å²) < 4.78 is 11.5. The van der Waals surface area contributed by atoms with Gasteiger partial charge in [-0.3, -0.25) is 0 Å². The van der Waals surface area contributed by atoms with E-state index in [9.17, 15) is 0 Å². The lowest BCUT2D eigenvalue weighted by Crippen LogP contribution is -2.23. The van der Waals surface area contributed by atoms with Gasteiger partial charge in [-0.2, -0.15) is 0 Å². The summed E-state index contributed by atoms with van der Waals surface area (Å²) in [5.41, 5.74) is 2.44. The van der Waals surface area contributed by atoms with Crippen LogP contribution in [0.1, 0.15) is 57.3 Å². The monoisotopic (exact) mass is 361 g/mol. The van der Waals surface area contributed by atoms with Crippen LogP contribution in [-0.2, 0) is 12.8 Å². The van der Waals surface area contributed by atoms with Gasteiger partial charge < -0.3 is 9.47 Å². The molecule has 0 radical (unpaired) electrons. The van der Waals surface area contributed by atoms with Crippen LogP contribution in [0, 0.1) is 12.3 Å². The molecule has 1 aromatic carbocycles. The molecule has 0 atom stereocenters. The Morgan fingerprint density at radius 2 is 1.80 bits per heavy atom. The van der Waals surface area contributed by atoms with Crippen LogP contribution in [0.15, 0.2) is 23.6 Å². The Morgan fingerprint density at radius 3 is 2.36 bits per heavy atom. The van der Waals surface area contributed by atoms with Gasteiger partial charge in [0.05, 0.1) is 17.8 Å². The second-order valence-electron chi connectivity index (χ2n) is 8.40. The summed E-state index contributed by atoms with van der Waals surface area (Å²) >= 11 is 1.73. The van der Waals surface area contributed by atoms with E-state index in [2.05, 4.69) is 64.0 Å². The maximum absolute atomic E-state index is 6.08. The first-order chi connectivity index (χ1) is 11.6. The number of nitrogens with zero attached hydrogens (tertiary/aromatic N) is 1. The molecule has 1 aromatic heterocycles. The fourth-order valence-corrected chi connectivity index (χ4v) is 3.52. The molecule has 0 aliphatic carbocycles. The van der Waals surface area contributed by atoms with Gasteiger partial charge in [-0.25, -0.2) is 4.98 Å². The fraction of sp³-hybridized carbons (Fsp3) is 0.571. The molecule has 0 aliphatic heterocycles. The molecule has 0 saturated heterocycles. The lowest BCUT2D eigenvalue weighted by atomic mass is 9.81. The summed E-state index contributed by atoms with van der Waals surface area (Å²) in [5.74, 6) is 1.60. The van der Waals surface area contributed by atoms with Crippen LogP contribution in [0.2, 0.25) is 0 Å². The third-order valence-electron chi connectivity index (χ3n) is 4.05. The maximum atomic E-state index is 6.08. The van der Waals surface area contributed by atoms with Crippen LogP contribution >= 0.6 is 11.3 Å². The highest BCUT2D eigenvalue weighted by molar-refractivity contribution is 7.09. The van der Waals surface area contributed by atoms with E-state index in [1.54, 1.807) is 18.4 Å². The first-order valence-electron chi connectivity index (χ1n) is 8.85. The van der Waals surface area contributed by atoms with Gasteiger partial charge in [0.15, 0.2) is 11.5 Å². The smallest absolute Gasteiger partial charge is 0.162 e. The second kappa shape index (κ2) is 7.77. The van der Waals surface area contributed by atoms with Crippen molar-refractivity contribution in [1.82, 2.24) is 4.98 Å². The van der Waals surface area contributed by atoms with Crippen LogP contribution in [-0.4, -0.2) is 17.7 Å². The predicted octanol–water partition coefficient (Wildman–Crippen LogP) is 5.84. The van der Waals surface area contributed by atoms with Crippen molar-refractivity contribution in [3.8, 4) is 11.5 Å². The average molecular weight is 362 g/mol. The van der Waals surface area contributed by atoms with Crippen molar-refractivity contribution in [3.63, 3.8) is 0 Å². The normalized spacial score (nSPS) is 12.3. The van der Waals surface area contributed by atoms with Crippen LogP contribution in [0.4, 0.5) is 0 Å². The second-order valence-corrected chi connectivity index (χ2v) is 9.46. The molecule has 1 heterocycles. The van der Waals surface area contributed by atoms with Gasteiger partial charge in [-0.15, -0.1) is 11.3 Å². The highest BCUT2D eigenvalue weighted by Gasteiger charge is 2.21. The lowest BCUT2D eigenvalue weighted by Gasteiger charge is -2.26. The van der Waals surface area contributed by atoms with Crippen LogP contribution in [0.25, 0.3) is 0 Å². The van der Waals surface area contributed by atoms with Crippen molar-refractivity contribution in [2.24, 2.45) is 5.41 Å². The third kappa shape index (κ3) is 6.35. The van der Waals surface area contributed by atoms with Crippen LogP contribution in [0.5, 0.6) is 11.5 Å². The Bertz CT molecular complexity index is 698. The summed E-state index contributed by atoms with van der Waals surface area (Å²) in [4.78, 5) is 4.58. The highest BCUT2D eigenvalue weighted by Crippen LogP contribution is 2.34. The van der Waals surface area contributed by atoms with Crippen molar-refractivity contribution in [1.29, 1.82) is 0 Å². The van der Waals surface area contributed by atoms with Gasteiger partial charge in [0.25, 0.3) is 0 Å². The Morgan fingerprint density at radius 1 is 1.08 bits per heavy atom. The zero-order valence-electron chi connectivity index (χ0n) is 16.6. The number of methoxy groups -OCH3 is 1. The summed E-state index contributed by atoms with van der Waals surface area (Å²) in [6.07, 6.45) is 3.14. The van der Waals surface area contributed by atoms with Crippen LogP contribution in [0.3, 0.4) is 0 Å². The Balaban J connectivity index is 2.08. The van der Waals surface area contributed by atoms with Crippen molar-refractivity contribution >= 4 is 11.3 Å². The topological polar surface area (TPSA) is 31.4 Å². The minimum Gasteiger partial charge on any atom is -0.493 e. The molecule has 0 bridgehead atoms. The highest BCUT2D eigenvalue weighted by atomic mass is 32.1. The standard InChI is InChI=1S/C21H31NO2S/c1-15-22-17(14-25-15)10-11-21(5,6)13-16-8-9-18(23-7)19(12-16)24-20(2,3)4/h8-9,12,14H,10-11,13H2,1-7H3. The molecule has 0 saturated carbocycles. The van der Waals surface area contributed by atoms with E-state index in [1.165, 1.54) is 11.3 Å². The Labute approximate surface area is 156 Å². The molecular formula is C21H31NO2S. The molecule has 4 heteroatoms. The van der Waals surface area contributed by atoms with E-state index in [4.69, 9.17) is 9.47 Å². The molecule has 0 N–H and O–H groups in total. The predicted molar refractivity (Wildman–Crippen MR) is 106 cm³/mol. The quantitative estimate of drug-likeness (QED) is 0.621. The van der Waals surface area contributed by atoms with Gasteiger partial charge in [0.1, 0.15) is 5.60 Å². The van der Waals surface area contributed by atoms with Crippen molar-refractivity contribution < 1.29 is 9.47 Å². The Hall–Kier alpha value is -1.55. The summed E-state index contributed by atoms with van der Waals surface area (Å²) in [6.45, 7) is 12.9. The molecule has 2 rings (SSSR count). The minimum atomic E-state index is -0.246. The molecule has 2 aromatic rings. The number of aromatic nitrogens is 1. The lowest BCUT2D eigenvalue weighted by molar-refractivity contribution is 0.125. The van der Waals surface area contributed by atoms with Gasteiger partial charge in [0, 0.05) is 5.38 Å². The number of aryl methyl sites for hydroxylation is 2. The molecule has 3 nitrogen and oxygen atoms in total. The van der Waals surface area contributed by atoms with Crippen molar-refractivity contribution in [2.75, 3.05) is 7.11 Å². The first kappa shape index (κ1) is 19.8. The molecule has 0 unspecified atom stereocenters. The van der Waals surface area contributed by atoms with E-state index < -0.39 is 0 Å². The molecule has 25 heavy (non-hydrogen) atoms. The van der Waals surface area contributed by atoms with E-state index >= 15 is 0 Å². The molecular weight excluding hydrogens is 330 g/mol. The average Bonchev–Trinajstić information content (AvgIpc) is 2.89. The zero-order valence-corrected chi connectivity index (χ0v) is 17.4. The molecule has 138 valence electrons. The molecule has 0 fully saturated rings. The maximum Gasteiger partial charge on any atom is 0.162 e. The SMILES string of the molecule is COc1ccc(CC(C)(C)CCc2csc(C)n2)cc1OC(C)(C)C. The third-order valence-corrected chi connectivity index (χ3v) is 4.87. The van der Waals surface area contributed by atoms with Gasteiger partial charge in [-0.1, -0.05) is 19.9 Å². The van der Waals surface area contributed by atoms with Crippen molar-refractivity contribution in [2.45, 2.75) is 66.4 Å². The van der Waals surface area contributed by atoms with Crippen LogP contribution < -0.4 is 9.47 Å². The first-order valence-corrected chi connectivity index (χ1v) is 9.73. The molecule has 0 amide bonds. The van der Waals surface area contributed by atoms with Gasteiger partial charge in [0.2, 0.25) is 0 Å². The van der Waals surface area contributed by atoms with Crippen molar-refractivity contribution in [3.05, 3.63) is 39.8 Å². The Kier molecular flexibility index (Phi) is 6.15. The number of hydrogen-bond donors (Lipinski definition) is 0. The van der Waals surface area contributed by atoms with E-state index in [0.29, 0.717) is 0 Å². The van der Waals surface area contributed by atoms with E-state index in [0.717, 1.165) is 35.8 Å². The molecule has 0 spiro atoms. The van der Waals surface area contributed by atoms with E-state index in [-0.39, 0.29) is 11.0 Å². The summed E-state index contributed by atoms with van der Waals surface area (Å²) in [5, 5.41) is 3.32. The molecule has 0 aliphatic rings. The minimum absolute atomic E-state index is 0.200. The number of ether oxygens (including phenoxy) is 2. The van der Waals surface area contributed by atoms with Gasteiger partial charge >= 0.3 is 0 Å². The van der Waals surface area contributed by atoms with Gasteiger partial charge in [-0.05, 0) is 70.1 Å². The zero-order chi connectivity index (χ0) is 18.7. The van der Waals surface area contributed by atoms with E-state index in [1.807, 2.05) is 6.07 Å². The fourth-order valence-electron chi connectivity index (χ4n) is 2.87.